The molecule has 0 spiro atoms. The minimum atomic E-state index is -0.774. The van der Waals surface area contributed by atoms with E-state index in [1.165, 1.54) is 0 Å². The zero-order valence-corrected chi connectivity index (χ0v) is 11.6. The summed E-state index contributed by atoms with van der Waals surface area (Å²) in [6.45, 7) is 1.98. The number of aromatic nitrogens is 2. The van der Waals surface area contributed by atoms with E-state index in [-0.39, 0.29) is 12.0 Å². The van der Waals surface area contributed by atoms with Crippen molar-refractivity contribution in [3.8, 4) is 5.69 Å². The Balaban J connectivity index is 1.75. The zero-order valence-electron chi connectivity index (χ0n) is 11.6. The summed E-state index contributed by atoms with van der Waals surface area (Å²) < 4.78 is 1.82. The van der Waals surface area contributed by atoms with Crippen molar-refractivity contribution in [3.63, 3.8) is 0 Å². The highest BCUT2D eigenvalue weighted by Crippen LogP contribution is 2.19. The average molecular weight is 286 g/mol. The molecule has 0 radical (unpaired) electrons. The van der Waals surface area contributed by atoms with Crippen LogP contribution in [0.3, 0.4) is 0 Å². The molecule has 2 heterocycles. The van der Waals surface area contributed by atoms with Gasteiger partial charge in [-0.3, -0.25) is 4.79 Å². The molecule has 6 heteroatoms. The molecule has 1 aliphatic rings. The van der Waals surface area contributed by atoms with Gasteiger partial charge in [0.1, 0.15) is 0 Å². The maximum atomic E-state index is 11.0. The van der Waals surface area contributed by atoms with Gasteiger partial charge in [-0.25, -0.2) is 4.68 Å². The number of carbonyl (C=O) groups is 1. The number of benzene rings is 1. The van der Waals surface area contributed by atoms with Gasteiger partial charge in [-0.05, 0) is 17.7 Å². The Bertz CT molecular complexity index is 620. The normalized spacial score (nSPS) is 16.4. The van der Waals surface area contributed by atoms with Gasteiger partial charge in [-0.2, -0.15) is 5.10 Å². The average Bonchev–Trinajstić information content (AvgIpc) is 2.95. The first-order valence-corrected chi connectivity index (χ1v) is 6.94. The monoisotopic (exact) mass is 286 g/mol. The van der Waals surface area contributed by atoms with Crippen molar-refractivity contribution in [2.45, 2.75) is 18.5 Å². The minimum absolute atomic E-state index is 0.129. The fourth-order valence-electron chi connectivity index (χ4n) is 2.61. The lowest BCUT2D eigenvalue weighted by Crippen LogP contribution is -2.68. The topological polar surface area (TPSA) is 79.2 Å². The highest BCUT2D eigenvalue weighted by molar-refractivity contribution is 5.68. The summed E-state index contributed by atoms with van der Waals surface area (Å²) in [6, 6.07) is 9.87. The summed E-state index contributed by atoms with van der Waals surface area (Å²) in [6.07, 6.45) is 3.77. The summed E-state index contributed by atoms with van der Waals surface area (Å²) in [4.78, 5) is 11.0. The number of hydrogen-bond acceptors (Lipinski definition) is 4. The summed E-state index contributed by atoms with van der Waals surface area (Å²) in [5.41, 5.74) is 1.76. The Hall–Kier alpha value is -2.18. The molecule has 21 heavy (non-hydrogen) atoms. The van der Waals surface area contributed by atoms with E-state index >= 15 is 0 Å². The van der Waals surface area contributed by atoms with Crippen LogP contribution in [0.5, 0.6) is 0 Å². The Morgan fingerprint density at radius 1 is 1.38 bits per heavy atom. The van der Waals surface area contributed by atoms with Gasteiger partial charge in [0, 0.05) is 32.0 Å². The van der Waals surface area contributed by atoms with Crippen molar-refractivity contribution in [2.75, 3.05) is 13.1 Å². The number of hydrogen-bond donors (Lipinski definition) is 3. The second-order valence-corrected chi connectivity index (χ2v) is 5.39. The molecule has 0 aliphatic carbocycles. The van der Waals surface area contributed by atoms with Crippen molar-refractivity contribution in [1.82, 2.24) is 20.4 Å². The zero-order chi connectivity index (χ0) is 14.7. The van der Waals surface area contributed by atoms with E-state index in [2.05, 4.69) is 15.7 Å². The van der Waals surface area contributed by atoms with E-state index in [0.717, 1.165) is 11.3 Å². The molecule has 6 nitrogen and oxygen atoms in total. The lowest BCUT2D eigenvalue weighted by Gasteiger charge is -2.42. The minimum Gasteiger partial charge on any atom is -0.481 e. The van der Waals surface area contributed by atoms with Gasteiger partial charge in [0.25, 0.3) is 0 Å². The van der Waals surface area contributed by atoms with Gasteiger partial charge in [0.05, 0.1) is 17.6 Å². The molecule has 2 aromatic rings. The molecule has 0 unspecified atom stereocenters. The number of rotatable bonds is 6. The van der Waals surface area contributed by atoms with Crippen molar-refractivity contribution in [3.05, 3.63) is 48.3 Å². The summed E-state index contributed by atoms with van der Waals surface area (Å²) in [5.74, 6) is -0.774. The lowest BCUT2D eigenvalue weighted by atomic mass is 9.88. The SMILES string of the molecule is O=C(O)CC1(NCc2ccccc2-n2cccn2)CNC1. The van der Waals surface area contributed by atoms with Gasteiger partial charge in [0.2, 0.25) is 0 Å². The smallest absolute Gasteiger partial charge is 0.305 e. The van der Waals surface area contributed by atoms with Crippen LogP contribution in [0.25, 0.3) is 5.69 Å². The Labute approximate surface area is 122 Å². The van der Waals surface area contributed by atoms with Crippen LogP contribution in [0.2, 0.25) is 0 Å². The molecule has 1 aromatic heterocycles. The van der Waals surface area contributed by atoms with Crippen molar-refractivity contribution >= 4 is 5.97 Å². The fraction of sp³-hybridized carbons (Fsp3) is 0.333. The van der Waals surface area contributed by atoms with E-state index in [0.29, 0.717) is 19.6 Å². The molecule has 0 atom stereocenters. The molecule has 0 saturated carbocycles. The first-order valence-electron chi connectivity index (χ1n) is 6.94. The van der Waals surface area contributed by atoms with E-state index in [9.17, 15) is 4.79 Å². The highest BCUT2D eigenvalue weighted by Gasteiger charge is 2.38. The Kier molecular flexibility index (Phi) is 3.72. The summed E-state index contributed by atoms with van der Waals surface area (Å²) in [5, 5.41) is 19.8. The predicted octanol–water partition coefficient (Wildman–Crippen LogP) is 0.779. The number of carboxylic acid groups (broad SMARTS) is 1. The van der Waals surface area contributed by atoms with E-state index in [1.54, 1.807) is 6.20 Å². The van der Waals surface area contributed by atoms with Gasteiger partial charge in [-0.15, -0.1) is 0 Å². The molecule has 0 amide bonds. The molecule has 3 N–H and O–H groups in total. The van der Waals surface area contributed by atoms with Crippen molar-refractivity contribution in [1.29, 1.82) is 0 Å². The molecular formula is C15H18N4O2. The van der Waals surface area contributed by atoms with E-state index in [4.69, 9.17) is 5.11 Å². The van der Waals surface area contributed by atoms with Crippen LogP contribution >= 0.6 is 0 Å². The molecule has 1 saturated heterocycles. The Morgan fingerprint density at radius 3 is 2.81 bits per heavy atom. The van der Waals surface area contributed by atoms with Crippen LogP contribution < -0.4 is 10.6 Å². The summed E-state index contributed by atoms with van der Waals surface area (Å²) in [7, 11) is 0. The Morgan fingerprint density at radius 2 is 2.19 bits per heavy atom. The van der Waals surface area contributed by atoms with Gasteiger partial charge in [-0.1, -0.05) is 18.2 Å². The number of para-hydroxylation sites is 1. The molecular weight excluding hydrogens is 268 g/mol. The molecule has 0 bridgehead atoms. The molecule has 1 fully saturated rings. The van der Waals surface area contributed by atoms with Crippen LogP contribution in [-0.2, 0) is 11.3 Å². The third kappa shape index (κ3) is 2.96. The van der Waals surface area contributed by atoms with Gasteiger partial charge in [0.15, 0.2) is 0 Å². The first-order chi connectivity index (χ1) is 10.2. The third-order valence-corrected chi connectivity index (χ3v) is 3.81. The fourth-order valence-corrected chi connectivity index (χ4v) is 2.61. The lowest BCUT2D eigenvalue weighted by molar-refractivity contribution is -0.139. The van der Waals surface area contributed by atoms with Gasteiger partial charge < -0.3 is 15.7 Å². The number of nitrogens with one attached hydrogen (secondary N) is 2. The molecule has 1 aromatic carbocycles. The highest BCUT2D eigenvalue weighted by atomic mass is 16.4. The number of nitrogens with zero attached hydrogens (tertiary/aromatic N) is 2. The largest absolute Gasteiger partial charge is 0.481 e. The van der Waals surface area contributed by atoms with Crippen molar-refractivity contribution in [2.24, 2.45) is 0 Å². The van der Waals surface area contributed by atoms with Gasteiger partial charge >= 0.3 is 5.97 Å². The van der Waals surface area contributed by atoms with Crippen LogP contribution in [0.4, 0.5) is 0 Å². The first kappa shape index (κ1) is 13.8. The third-order valence-electron chi connectivity index (χ3n) is 3.81. The number of aliphatic carboxylic acids is 1. The number of carboxylic acids is 1. The van der Waals surface area contributed by atoms with Crippen LogP contribution in [0.1, 0.15) is 12.0 Å². The van der Waals surface area contributed by atoms with E-state index < -0.39 is 5.97 Å². The molecule has 1 aliphatic heterocycles. The van der Waals surface area contributed by atoms with E-state index in [1.807, 2.05) is 41.2 Å². The second kappa shape index (κ2) is 5.67. The second-order valence-electron chi connectivity index (χ2n) is 5.39. The molecule has 3 rings (SSSR count). The van der Waals surface area contributed by atoms with Crippen LogP contribution in [-0.4, -0.2) is 39.5 Å². The quantitative estimate of drug-likeness (QED) is 0.731. The van der Waals surface area contributed by atoms with Crippen LogP contribution in [0.15, 0.2) is 42.7 Å². The predicted molar refractivity (Wildman–Crippen MR) is 78.3 cm³/mol. The maximum Gasteiger partial charge on any atom is 0.305 e. The maximum absolute atomic E-state index is 11.0. The molecule has 110 valence electrons. The van der Waals surface area contributed by atoms with Crippen molar-refractivity contribution < 1.29 is 9.90 Å². The van der Waals surface area contributed by atoms with Crippen LogP contribution in [0, 0.1) is 0 Å². The standard InChI is InChI=1S/C15H18N4O2/c20-14(21)8-15(10-16-11-15)17-9-12-4-1-2-5-13(12)19-7-3-6-18-19/h1-7,16-17H,8-11H2,(H,20,21). The summed E-state index contributed by atoms with van der Waals surface area (Å²) >= 11 is 0.